The number of rotatable bonds is 6. The zero-order chi connectivity index (χ0) is 15.2. The number of ether oxygens (including phenoxy) is 2. The van der Waals surface area contributed by atoms with Gasteiger partial charge in [0.15, 0.2) is 0 Å². The molecule has 1 heterocycles. The van der Waals surface area contributed by atoms with E-state index in [-0.39, 0.29) is 0 Å². The Hall–Kier alpha value is -1.48. The summed E-state index contributed by atoms with van der Waals surface area (Å²) in [5.41, 5.74) is 0.414. The molecule has 0 aliphatic rings. The molecule has 1 aromatic heterocycles. The first-order valence-electron chi connectivity index (χ1n) is 6.12. The van der Waals surface area contributed by atoms with Crippen LogP contribution in [0.25, 0.3) is 0 Å². The summed E-state index contributed by atoms with van der Waals surface area (Å²) in [6, 6.07) is 3.41. The van der Waals surface area contributed by atoms with Crippen LogP contribution in [0.1, 0.15) is 17.3 Å². The second-order valence-corrected chi connectivity index (χ2v) is 5.53. The van der Waals surface area contributed by atoms with E-state index in [1.807, 2.05) is 0 Å². The Bertz CT molecular complexity index is 619. The number of hydrogen-bond acceptors (Lipinski definition) is 6. The molecule has 0 unspecified atom stereocenters. The molecule has 0 spiro atoms. The van der Waals surface area contributed by atoms with Crippen LogP contribution in [0.2, 0.25) is 0 Å². The van der Waals surface area contributed by atoms with Gasteiger partial charge >= 0.3 is 5.97 Å². The molecule has 0 amide bonds. The van der Waals surface area contributed by atoms with Gasteiger partial charge in [-0.05, 0) is 61.3 Å². The average Bonchev–Trinajstić information content (AvgIpc) is 2.96. The quantitative estimate of drug-likeness (QED) is 0.669. The van der Waals surface area contributed by atoms with Crippen molar-refractivity contribution in [2.24, 2.45) is 0 Å². The largest absolute Gasteiger partial charge is 0.489 e. The molecule has 0 atom stereocenters. The molecule has 0 radical (unpaired) electrons. The van der Waals surface area contributed by atoms with Crippen molar-refractivity contribution >= 4 is 37.8 Å². The number of carbonyl (C=O) groups is 1. The lowest BCUT2D eigenvalue weighted by molar-refractivity contribution is 0.0524. The maximum Gasteiger partial charge on any atom is 0.339 e. The first-order chi connectivity index (χ1) is 10.1. The van der Waals surface area contributed by atoms with E-state index in [1.54, 1.807) is 23.7 Å². The van der Waals surface area contributed by atoms with Crippen LogP contribution in [-0.2, 0) is 11.3 Å². The molecule has 0 saturated carbocycles. The molecule has 0 saturated heterocycles. The Kier molecular flexibility index (Phi) is 5.68. The zero-order valence-electron chi connectivity index (χ0n) is 11.1. The van der Waals surface area contributed by atoms with Gasteiger partial charge in [-0.2, -0.15) is 0 Å². The van der Waals surface area contributed by atoms with Crippen molar-refractivity contribution in [3.8, 4) is 5.75 Å². The van der Waals surface area contributed by atoms with Gasteiger partial charge in [-0.1, -0.05) is 0 Å². The molecule has 7 nitrogen and oxygen atoms in total. The van der Waals surface area contributed by atoms with Crippen LogP contribution in [0.15, 0.2) is 27.4 Å². The van der Waals surface area contributed by atoms with Crippen molar-refractivity contribution in [2.45, 2.75) is 13.5 Å². The zero-order valence-corrected chi connectivity index (χ0v) is 14.3. The number of tetrazole rings is 1. The maximum absolute atomic E-state index is 11.8. The van der Waals surface area contributed by atoms with Crippen molar-refractivity contribution < 1.29 is 14.3 Å². The van der Waals surface area contributed by atoms with E-state index in [2.05, 4.69) is 47.4 Å². The third kappa shape index (κ3) is 4.01. The molecule has 1 aromatic carbocycles. The summed E-state index contributed by atoms with van der Waals surface area (Å²) in [6.45, 7) is 2.93. The highest BCUT2D eigenvalue weighted by Crippen LogP contribution is 2.36. The van der Waals surface area contributed by atoms with E-state index < -0.39 is 5.97 Å². The lowest BCUT2D eigenvalue weighted by Gasteiger charge is -2.12. The fraction of sp³-hybridized carbons (Fsp3) is 0.333. The van der Waals surface area contributed by atoms with Crippen molar-refractivity contribution in [2.75, 3.05) is 13.2 Å². The second kappa shape index (κ2) is 7.51. The first kappa shape index (κ1) is 15.9. The number of benzene rings is 1. The molecular formula is C12H12Br2N4O3. The molecule has 0 fully saturated rings. The van der Waals surface area contributed by atoms with Crippen molar-refractivity contribution in [1.29, 1.82) is 0 Å². The minimum atomic E-state index is -0.401. The van der Waals surface area contributed by atoms with E-state index in [0.29, 0.717) is 35.5 Å². The molecule has 112 valence electrons. The van der Waals surface area contributed by atoms with E-state index in [9.17, 15) is 4.79 Å². The predicted molar refractivity (Wildman–Crippen MR) is 81.1 cm³/mol. The van der Waals surface area contributed by atoms with Crippen LogP contribution in [0.3, 0.4) is 0 Å². The third-order valence-corrected chi connectivity index (χ3v) is 3.91. The van der Waals surface area contributed by atoms with E-state index in [1.165, 1.54) is 6.33 Å². The van der Waals surface area contributed by atoms with Gasteiger partial charge in [0.2, 0.25) is 0 Å². The van der Waals surface area contributed by atoms with Crippen LogP contribution in [0.5, 0.6) is 5.75 Å². The minimum Gasteiger partial charge on any atom is -0.489 e. The predicted octanol–water partition coefficient (Wildman–Crippen LogP) is 2.45. The van der Waals surface area contributed by atoms with E-state index in [0.717, 1.165) is 4.47 Å². The third-order valence-electron chi connectivity index (χ3n) is 2.50. The smallest absolute Gasteiger partial charge is 0.339 e. The van der Waals surface area contributed by atoms with Crippen molar-refractivity contribution in [3.63, 3.8) is 0 Å². The molecule has 21 heavy (non-hydrogen) atoms. The number of halogens is 2. The molecule has 0 aliphatic heterocycles. The highest BCUT2D eigenvalue weighted by atomic mass is 79.9. The monoisotopic (exact) mass is 418 g/mol. The van der Waals surface area contributed by atoms with Gasteiger partial charge < -0.3 is 9.47 Å². The topological polar surface area (TPSA) is 79.1 Å². The molecular weight excluding hydrogens is 408 g/mol. The summed E-state index contributed by atoms with van der Waals surface area (Å²) < 4.78 is 13.5. The SMILES string of the molecule is CCOC(=O)c1ccc(Br)c(OCCn2cnnn2)c1Br. The van der Waals surface area contributed by atoms with Crippen LogP contribution < -0.4 is 4.74 Å². The van der Waals surface area contributed by atoms with Gasteiger partial charge in [0.05, 0.1) is 27.7 Å². The summed E-state index contributed by atoms with van der Waals surface area (Å²) in [4.78, 5) is 11.8. The Morgan fingerprint density at radius 1 is 1.38 bits per heavy atom. The fourth-order valence-corrected chi connectivity index (χ4v) is 2.89. The van der Waals surface area contributed by atoms with Crippen molar-refractivity contribution in [3.05, 3.63) is 33.0 Å². The number of hydrogen-bond donors (Lipinski definition) is 0. The summed E-state index contributed by atoms with van der Waals surface area (Å²) in [6.07, 6.45) is 1.50. The fourth-order valence-electron chi connectivity index (χ4n) is 1.56. The lowest BCUT2D eigenvalue weighted by atomic mass is 10.2. The number of aromatic nitrogens is 4. The van der Waals surface area contributed by atoms with Gasteiger partial charge in [0, 0.05) is 0 Å². The van der Waals surface area contributed by atoms with Gasteiger partial charge in [-0.25, -0.2) is 9.48 Å². The number of carbonyl (C=O) groups excluding carboxylic acids is 1. The summed E-state index contributed by atoms with van der Waals surface area (Å²) in [7, 11) is 0. The lowest BCUT2D eigenvalue weighted by Crippen LogP contribution is -2.11. The summed E-state index contributed by atoms with van der Waals surface area (Å²) in [5, 5.41) is 10.8. The van der Waals surface area contributed by atoms with E-state index >= 15 is 0 Å². The molecule has 2 rings (SSSR count). The van der Waals surface area contributed by atoms with E-state index in [4.69, 9.17) is 9.47 Å². The molecule has 0 N–H and O–H groups in total. The highest BCUT2D eigenvalue weighted by Gasteiger charge is 2.17. The Morgan fingerprint density at radius 3 is 2.86 bits per heavy atom. The van der Waals surface area contributed by atoms with Gasteiger partial charge in [-0.15, -0.1) is 5.10 Å². The second-order valence-electron chi connectivity index (χ2n) is 3.88. The molecule has 9 heteroatoms. The first-order valence-corrected chi connectivity index (χ1v) is 7.70. The van der Waals surface area contributed by atoms with Crippen molar-refractivity contribution in [1.82, 2.24) is 20.2 Å². The number of esters is 1. The maximum atomic E-state index is 11.8. The minimum absolute atomic E-state index is 0.316. The highest BCUT2D eigenvalue weighted by molar-refractivity contribution is 9.11. The standard InChI is InChI=1S/C12H12Br2N4O3/c1-2-20-12(19)8-3-4-9(13)11(10(8)14)21-6-5-18-7-15-16-17-18/h3-4,7H,2,5-6H2,1H3. The normalized spacial score (nSPS) is 10.4. The van der Waals surface area contributed by atoms with Crippen LogP contribution >= 0.6 is 31.9 Å². The number of nitrogens with zero attached hydrogens (tertiary/aromatic N) is 4. The molecule has 2 aromatic rings. The average molecular weight is 420 g/mol. The molecule has 0 aliphatic carbocycles. The molecule has 0 bridgehead atoms. The van der Waals surface area contributed by atoms with Crippen LogP contribution in [-0.4, -0.2) is 39.4 Å². The Morgan fingerprint density at radius 2 is 2.19 bits per heavy atom. The van der Waals surface area contributed by atoms with Crippen LogP contribution in [0, 0.1) is 0 Å². The van der Waals surface area contributed by atoms with Crippen LogP contribution in [0.4, 0.5) is 0 Å². The Balaban J connectivity index is 2.10. The van der Waals surface area contributed by atoms with Gasteiger partial charge in [0.25, 0.3) is 0 Å². The summed E-state index contributed by atoms with van der Waals surface area (Å²) in [5.74, 6) is 0.135. The summed E-state index contributed by atoms with van der Waals surface area (Å²) >= 11 is 6.77. The van der Waals surface area contributed by atoms with Gasteiger partial charge in [-0.3, -0.25) is 0 Å². The van der Waals surface area contributed by atoms with Gasteiger partial charge in [0.1, 0.15) is 18.7 Å². The Labute approximate surface area is 137 Å².